The fraction of sp³-hybridized carbons (Fsp3) is 0.385. The fourth-order valence-corrected chi connectivity index (χ4v) is 1.48. The van der Waals surface area contributed by atoms with Crippen molar-refractivity contribution < 1.29 is 9.59 Å². The molecule has 0 aromatic heterocycles. The Balaban J connectivity index is 2.72. The number of ketones is 1. The first-order valence-electron chi connectivity index (χ1n) is 5.71. The van der Waals surface area contributed by atoms with Crippen LogP contribution >= 0.6 is 0 Å². The number of nitrogens with one attached hydrogen (secondary N) is 1. The standard InChI is InChI=1S/C13H18N2O2/c1-3-12(16)10-5-4-6-11(8-10)15-13(17)7-9(2)14/h4-6,8-9H,3,7,14H2,1-2H3,(H,15,17). The summed E-state index contributed by atoms with van der Waals surface area (Å²) in [6.07, 6.45) is 0.725. The van der Waals surface area contributed by atoms with Crippen molar-refractivity contribution in [3.05, 3.63) is 29.8 Å². The lowest BCUT2D eigenvalue weighted by Crippen LogP contribution is -2.24. The smallest absolute Gasteiger partial charge is 0.225 e. The van der Waals surface area contributed by atoms with Gasteiger partial charge in [0.1, 0.15) is 0 Å². The van der Waals surface area contributed by atoms with E-state index in [2.05, 4.69) is 5.32 Å². The number of carbonyl (C=O) groups excluding carboxylic acids is 2. The van der Waals surface area contributed by atoms with Crippen LogP contribution in [0.2, 0.25) is 0 Å². The molecule has 0 heterocycles. The number of hydrogen-bond donors (Lipinski definition) is 2. The van der Waals surface area contributed by atoms with Crippen LogP contribution in [-0.2, 0) is 4.79 Å². The Morgan fingerprint density at radius 3 is 2.71 bits per heavy atom. The minimum Gasteiger partial charge on any atom is -0.327 e. The van der Waals surface area contributed by atoms with Gasteiger partial charge in [-0.3, -0.25) is 9.59 Å². The van der Waals surface area contributed by atoms with Gasteiger partial charge in [0.25, 0.3) is 0 Å². The first kappa shape index (κ1) is 13.4. The van der Waals surface area contributed by atoms with Gasteiger partial charge in [0.05, 0.1) is 0 Å². The van der Waals surface area contributed by atoms with Gasteiger partial charge in [0.2, 0.25) is 5.91 Å². The highest BCUT2D eigenvalue weighted by Gasteiger charge is 2.07. The maximum Gasteiger partial charge on any atom is 0.225 e. The molecular weight excluding hydrogens is 216 g/mol. The largest absolute Gasteiger partial charge is 0.327 e. The van der Waals surface area contributed by atoms with Crippen molar-refractivity contribution in [1.82, 2.24) is 0 Å². The number of hydrogen-bond acceptors (Lipinski definition) is 3. The maximum atomic E-state index is 11.5. The molecule has 0 fully saturated rings. The molecule has 1 amide bonds. The molecule has 1 aromatic carbocycles. The van der Waals surface area contributed by atoms with Crippen LogP contribution < -0.4 is 11.1 Å². The zero-order chi connectivity index (χ0) is 12.8. The SMILES string of the molecule is CCC(=O)c1cccc(NC(=O)CC(C)N)c1. The van der Waals surface area contributed by atoms with E-state index < -0.39 is 0 Å². The molecular formula is C13H18N2O2. The Kier molecular flexibility index (Phi) is 4.84. The molecule has 1 rings (SSSR count). The van der Waals surface area contributed by atoms with Crippen LogP contribution in [0.5, 0.6) is 0 Å². The molecule has 4 nitrogen and oxygen atoms in total. The quantitative estimate of drug-likeness (QED) is 0.765. The van der Waals surface area contributed by atoms with Crippen LogP contribution in [-0.4, -0.2) is 17.7 Å². The summed E-state index contributed by atoms with van der Waals surface area (Å²) < 4.78 is 0. The van der Waals surface area contributed by atoms with Gasteiger partial charge in [-0.05, 0) is 19.1 Å². The molecule has 0 radical (unpaired) electrons. The number of nitrogens with two attached hydrogens (primary N) is 1. The third-order valence-corrected chi connectivity index (χ3v) is 2.30. The van der Waals surface area contributed by atoms with Gasteiger partial charge in [-0.1, -0.05) is 19.1 Å². The third kappa shape index (κ3) is 4.36. The average Bonchev–Trinajstić information content (AvgIpc) is 2.27. The minimum atomic E-state index is -0.171. The van der Waals surface area contributed by atoms with E-state index in [0.29, 0.717) is 17.7 Å². The molecule has 17 heavy (non-hydrogen) atoms. The molecule has 0 spiro atoms. The first-order chi connectivity index (χ1) is 8.02. The van der Waals surface area contributed by atoms with Crippen LogP contribution in [0.1, 0.15) is 37.0 Å². The van der Waals surface area contributed by atoms with Crippen LogP contribution in [0.15, 0.2) is 24.3 Å². The second kappa shape index (κ2) is 6.15. The lowest BCUT2D eigenvalue weighted by atomic mass is 10.1. The van der Waals surface area contributed by atoms with Gasteiger partial charge >= 0.3 is 0 Å². The number of benzene rings is 1. The summed E-state index contributed by atoms with van der Waals surface area (Å²) >= 11 is 0. The number of Topliss-reactive ketones (excluding diaryl/α,β-unsaturated/α-hetero) is 1. The molecule has 0 aliphatic heterocycles. The van der Waals surface area contributed by atoms with Gasteiger partial charge in [0.15, 0.2) is 5.78 Å². The highest BCUT2D eigenvalue weighted by atomic mass is 16.1. The Morgan fingerprint density at radius 2 is 2.12 bits per heavy atom. The zero-order valence-corrected chi connectivity index (χ0v) is 10.2. The Bertz CT molecular complexity index is 414. The van der Waals surface area contributed by atoms with Gasteiger partial charge in [-0.2, -0.15) is 0 Å². The lowest BCUT2D eigenvalue weighted by Gasteiger charge is -2.08. The molecule has 0 saturated heterocycles. The van der Waals surface area contributed by atoms with Crippen molar-refractivity contribution in [3.63, 3.8) is 0 Å². The highest BCUT2D eigenvalue weighted by Crippen LogP contribution is 2.12. The van der Waals surface area contributed by atoms with Crippen LogP contribution in [0.25, 0.3) is 0 Å². The number of rotatable bonds is 5. The first-order valence-corrected chi connectivity index (χ1v) is 5.71. The molecule has 0 bridgehead atoms. The molecule has 1 atom stereocenters. The van der Waals surface area contributed by atoms with Crippen molar-refractivity contribution in [2.75, 3.05) is 5.32 Å². The van der Waals surface area contributed by atoms with Gasteiger partial charge < -0.3 is 11.1 Å². The normalized spacial score (nSPS) is 11.9. The highest BCUT2D eigenvalue weighted by molar-refractivity contribution is 5.98. The number of amides is 1. The van der Waals surface area contributed by atoms with Crippen molar-refractivity contribution in [2.24, 2.45) is 5.73 Å². The van der Waals surface area contributed by atoms with Crippen molar-refractivity contribution in [1.29, 1.82) is 0 Å². The summed E-state index contributed by atoms with van der Waals surface area (Å²) in [6.45, 7) is 3.58. The zero-order valence-electron chi connectivity index (χ0n) is 10.2. The Hall–Kier alpha value is -1.68. The maximum absolute atomic E-state index is 11.5. The molecule has 0 aliphatic rings. The van der Waals surface area contributed by atoms with Gasteiger partial charge in [0, 0.05) is 30.1 Å². The van der Waals surface area contributed by atoms with Crippen molar-refractivity contribution >= 4 is 17.4 Å². The van der Waals surface area contributed by atoms with E-state index >= 15 is 0 Å². The summed E-state index contributed by atoms with van der Waals surface area (Å²) in [5.41, 5.74) is 6.78. The number of carbonyl (C=O) groups is 2. The Labute approximate surface area is 101 Å². The average molecular weight is 234 g/mol. The topological polar surface area (TPSA) is 72.2 Å². The summed E-state index contributed by atoms with van der Waals surface area (Å²) in [7, 11) is 0. The summed E-state index contributed by atoms with van der Waals surface area (Å²) in [4.78, 5) is 23.0. The van der Waals surface area contributed by atoms with Crippen molar-refractivity contribution in [3.8, 4) is 0 Å². The lowest BCUT2D eigenvalue weighted by molar-refractivity contribution is -0.116. The van der Waals surface area contributed by atoms with Gasteiger partial charge in [-0.15, -0.1) is 0 Å². The van der Waals surface area contributed by atoms with Crippen LogP contribution in [0.3, 0.4) is 0 Å². The molecule has 1 unspecified atom stereocenters. The van der Waals surface area contributed by atoms with E-state index in [0.717, 1.165) is 0 Å². The monoisotopic (exact) mass is 234 g/mol. The summed E-state index contributed by atoms with van der Waals surface area (Å²) in [6, 6.07) is 6.77. The van der Waals surface area contributed by atoms with E-state index in [-0.39, 0.29) is 24.2 Å². The summed E-state index contributed by atoms with van der Waals surface area (Å²) in [5.74, 6) is -0.0746. The van der Waals surface area contributed by atoms with Crippen molar-refractivity contribution in [2.45, 2.75) is 32.7 Å². The number of anilines is 1. The predicted octanol–water partition coefficient (Wildman–Crippen LogP) is 1.96. The molecule has 1 aromatic rings. The van der Waals surface area contributed by atoms with Crippen LogP contribution in [0.4, 0.5) is 5.69 Å². The molecule has 4 heteroatoms. The summed E-state index contributed by atoms with van der Waals surface area (Å²) in [5, 5.41) is 2.72. The van der Waals surface area contributed by atoms with E-state index in [1.165, 1.54) is 0 Å². The molecule has 0 aliphatic carbocycles. The molecule has 3 N–H and O–H groups in total. The third-order valence-electron chi connectivity index (χ3n) is 2.30. The molecule has 92 valence electrons. The Morgan fingerprint density at radius 1 is 1.41 bits per heavy atom. The van der Waals surface area contributed by atoms with E-state index in [1.54, 1.807) is 31.2 Å². The van der Waals surface area contributed by atoms with E-state index in [9.17, 15) is 9.59 Å². The second-order valence-electron chi connectivity index (χ2n) is 4.09. The van der Waals surface area contributed by atoms with E-state index in [4.69, 9.17) is 5.73 Å². The minimum absolute atomic E-state index is 0.0632. The second-order valence-corrected chi connectivity index (χ2v) is 4.09. The predicted molar refractivity (Wildman–Crippen MR) is 68.0 cm³/mol. The molecule has 0 saturated carbocycles. The fourth-order valence-electron chi connectivity index (χ4n) is 1.48. The van der Waals surface area contributed by atoms with E-state index in [1.807, 2.05) is 6.92 Å². The van der Waals surface area contributed by atoms with Crippen LogP contribution in [0, 0.1) is 0 Å². The van der Waals surface area contributed by atoms with Gasteiger partial charge in [-0.25, -0.2) is 0 Å².